The summed E-state index contributed by atoms with van der Waals surface area (Å²) in [5.41, 5.74) is 2.82. The van der Waals surface area contributed by atoms with Crippen molar-refractivity contribution in [3.8, 4) is 11.5 Å². The maximum absolute atomic E-state index is 13.6. The molecule has 0 aliphatic carbocycles. The standard InChI is InChI=1S/C25H22N2O5/c1-15-8-6-7-11-18(15)26-24(29)21-22(16-12-13-19(28)20(14-16)31-2)27(32-23(21)25(26)30)17-9-4-3-5-10-17/h3-14,21-23,28H,1-2H3/t21-,22+,23+/m0/s1. The molecule has 2 fully saturated rings. The van der Waals surface area contributed by atoms with Crippen LogP contribution in [0.4, 0.5) is 11.4 Å². The maximum Gasteiger partial charge on any atom is 0.266 e. The van der Waals surface area contributed by atoms with Gasteiger partial charge in [-0.15, -0.1) is 0 Å². The summed E-state index contributed by atoms with van der Waals surface area (Å²) in [6.45, 7) is 1.86. The van der Waals surface area contributed by atoms with Crippen molar-refractivity contribution in [2.24, 2.45) is 5.92 Å². The molecule has 32 heavy (non-hydrogen) atoms. The summed E-state index contributed by atoms with van der Waals surface area (Å²) in [7, 11) is 1.46. The van der Waals surface area contributed by atoms with E-state index in [1.165, 1.54) is 18.1 Å². The van der Waals surface area contributed by atoms with E-state index in [2.05, 4.69) is 0 Å². The van der Waals surface area contributed by atoms with Gasteiger partial charge in [0.1, 0.15) is 5.92 Å². The molecule has 162 valence electrons. The zero-order valence-corrected chi connectivity index (χ0v) is 17.6. The Morgan fingerprint density at radius 2 is 1.66 bits per heavy atom. The van der Waals surface area contributed by atoms with Crippen LogP contribution >= 0.6 is 0 Å². The van der Waals surface area contributed by atoms with Gasteiger partial charge in [0, 0.05) is 0 Å². The van der Waals surface area contributed by atoms with E-state index in [4.69, 9.17) is 9.57 Å². The first-order chi connectivity index (χ1) is 15.5. The van der Waals surface area contributed by atoms with Crippen molar-refractivity contribution in [1.82, 2.24) is 0 Å². The molecule has 2 saturated heterocycles. The number of aryl methyl sites for hydroxylation is 1. The fourth-order valence-corrected chi connectivity index (χ4v) is 4.48. The molecule has 2 amide bonds. The van der Waals surface area contributed by atoms with Crippen LogP contribution in [-0.4, -0.2) is 30.1 Å². The summed E-state index contributed by atoms with van der Waals surface area (Å²) < 4.78 is 5.28. The number of carbonyl (C=O) groups is 2. The third kappa shape index (κ3) is 3.01. The molecule has 7 heteroatoms. The van der Waals surface area contributed by atoms with E-state index in [0.29, 0.717) is 11.3 Å². The lowest BCUT2D eigenvalue weighted by Gasteiger charge is -2.29. The minimum absolute atomic E-state index is 0.00617. The number of phenols is 1. The van der Waals surface area contributed by atoms with Crippen molar-refractivity contribution in [3.63, 3.8) is 0 Å². The largest absolute Gasteiger partial charge is 0.504 e. The summed E-state index contributed by atoms with van der Waals surface area (Å²) >= 11 is 0. The molecule has 2 aliphatic heterocycles. The summed E-state index contributed by atoms with van der Waals surface area (Å²) in [6.07, 6.45) is -0.952. The van der Waals surface area contributed by atoms with Crippen LogP contribution in [0.3, 0.4) is 0 Å². The quantitative estimate of drug-likeness (QED) is 0.635. The number of phenolic OH excluding ortho intramolecular Hbond substituents is 1. The van der Waals surface area contributed by atoms with Gasteiger partial charge in [-0.1, -0.05) is 42.5 Å². The molecule has 0 saturated carbocycles. The van der Waals surface area contributed by atoms with Crippen molar-refractivity contribution >= 4 is 23.2 Å². The highest BCUT2D eigenvalue weighted by Crippen LogP contribution is 2.48. The Bertz CT molecular complexity index is 1200. The van der Waals surface area contributed by atoms with Crippen LogP contribution in [-0.2, 0) is 14.4 Å². The monoisotopic (exact) mass is 430 g/mol. The Morgan fingerprint density at radius 3 is 2.38 bits per heavy atom. The highest BCUT2D eigenvalue weighted by atomic mass is 16.7. The number of imide groups is 1. The number of hydroxylamine groups is 1. The molecule has 2 aliphatic rings. The summed E-state index contributed by atoms with van der Waals surface area (Å²) in [5, 5.41) is 11.7. The van der Waals surface area contributed by atoms with Crippen molar-refractivity contribution in [2.75, 3.05) is 17.1 Å². The molecule has 3 atom stereocenters. The number of amides is 2. The maximum atomic E-state index is 13.6. The number of hydrogen-bond donors (Lipinski definition) is 1. The molecule has 0 radical (unpaired) electrons. The van der Waals surface area contributed by atoms with Crippen LogP contribution in [0.15, 0.2) is 72.8 Å². The Balaban J connectivity index is 1.62. The third-order valence-corrected chi connectivity index (χ3v) is 6.03. The number of aromatic hydroxyl groups is 1. The smallest absolute Gasteiger partial charge is 0.266 e. The minimum Gasteiger partial charge on any atom is -0.504 e. The summed E-state index contributed by atoms with van der Waals surface area (Å²) in [6, 6.07) is 21.0. The lowest BCUT2D eigenvalue weighted by Crippen LogP contribution is -2.37. The number of rotatable bonds is 4. The average molecular weight is 430 g/mol. The second-order valence-electron chi connectivity index (χ2n) is 7.89. The van der Waals surface area contributed by atoms with Gasteiger partial charge < -0.3 is 9.84 Å². The van der Waals surface area contributed by atoms with Crippen LogP contribution in [0.1, 0.15) is 17.2 Å². The number of anilines is 2. The van der Waals surface area contributed by atoms with E-state index >= 15 is 0 Å². The fourth-order valence-electron chi connectivity index (χ4n) is 4.48. The van der Waals surface area contributed by atoms with Crippen molar-refractivity contribution in [1.29, 1.82) is 0 Å². The zero-order chi connectivity index (χ0) is 22.4. The Labute approximate surface area is 185 Å². The van der Waals surface area contributed by atoms with Gasteiger partial charge in [-0.25, -0.2) is 9.96 Å². The van der Waals surface area contributed by atoms with Crippen molar-refractivity contribution < 1.29 is 24.3 Å². The van der Waals surface area contributed by atoms with Gasteiger partial charge in [0.05, 0.1) is 24.5 Å². The summed E-state index contributed by atoms with van der Waals surface area (Å²) in [5.74, 6) is -1.18. The van der Waals surface area contributed by atoms with E-state index in [0.717, 1.165) is 11.3 Å². The lowest BCUT2D eigenvalue weighted by atomic mass is 9.90. The van der Waals surface area contributed by atoms with Gasteiger partial charge in [0.2, 0.25) is 5.91 Å². The van der Waals surface area contributed by atoms with Gasteiger partial charge in [0.15, 0.2) is 17.6 Å². The molecule has 0 bridgehead atoms. The van der Waals surface area contributed by atoms with Crippen molar-refractivity contribution in [3.05, 3.63) is 83.9 Å². The number of methoxy groups -OCH3 is 1. The van der Waals surface area contributed by atoms with Gasteiger partial charge in [-0.2, -0.15) is 0 Å². The number of benzene rings is 3. The first kappa shape index (κ1) is 20.1. The lowest BCUT2D eigenvalue weighted by molar-refractivity contribution is -0.126. The van der Waals surface area contributed by atoms with Crippen LogP contribution in [0.2, 0.25) is 0 Å². The Morgan fingerprint density at radius 1 is 0.938 bits per heavy atom. The van der Waals surface area contributed by atoms with Gasteiger partial charge in [0.25, 0.3) is 5.91 Å². The first-order valence-corrected chi connectivity index (χ1v) is 10.3. The topological polar surface area (TPSA) is 79.3 Å². The number of carbonyl (C=O) groups excluding carboxylic acids is 2. The van der Waals surface area contributed by atoms with Gasteiger partial charge in [-0.05, 0) is 48.4 Å². The molecular weight excluding hydrogens is 408 g/mol. The Hall–Kier alpha value is -3.84. The predicted molar refractivity (Wildman–Crippen MR) is 118 cm³/mol. The molecule has 2 heterocycles. The second kappa shape index (κ2) is 7.69. The zero-order valence-electron chi connectivity index (χ0n) is 17.6. The van der Waals surface area contributed by atoms with Crippen LogP contribution in [0, 0.1) is 12.8 Å². The molecule has 0 spiro atoms. The molecule has 3 aromatic carbocycles. The van der Waals surface area contributed by atoms with Crippen LogP contribution < -0.4 is 14.7 Å². The predicted octanol–water partition coefficient (Wildman–Crippen LogP) is 3.76. The molecular formula is C25H22N2O5. The van der Waals surface area contributed by atoms with Gasteiger partial charge >= 0.3 is 0 Å². The van der Waals surface area contributed by atoms with Crippen LogP contribution in [0.5, 0.6) is 11.5 Å². The number of fused-ring (bicyclic) bond motifs is 1. The first-order valence-electron chi connectivity index (χ1n) is 10.3. The molecule has 3 aromatic rings. The molecule has 0 aromatic heterocycles. The molecule has 7 nitrogen and oxygen atoms in total. The SMILES string of the molecule is COc1cc([C@@H]2[C@@H]3C(=O)N(c4ccccc4C)C(=O)[C@@H]3ON2c2ccccc2)ccc1O. The molecule has 5 rings (SSSR count). The minimum atomic E-state index is -0.952. The fraction of sp³-hybridized carbons (Fsp3) is 0.200. The average Bonchev–Trinajstić information content (AvgIpc) is 3.31. The number of hydrogen-bond acceptors (Lipinski definition) is 6. The highest BCUT2D eigenvalue weighted by molar-refractivity contribution is 6.24. The normalized spacial score (nSPS) is 22.4. The molecule has 1 N–H and O–H groups in total. The highest BCUT2D eigenvalue weighted by Gasteiger charge is 2.60. The number of ether oxygens (including phenoxy) is 1. The van der Waals surface area contributed by atoms with E-state index in [1.807, 2.05) is 49.4 Å². The Kier molecular flexibility index (Phi) is 4.83. The van der Waals surface area contributed by atoms with E-state index in [1.54, 1.807) is 29.3 Å². The van der Waals surface area contributed by atoms with Gasteiger partial charge in [-0.3, -0.25) is 14.4 Å². The summed E-state index contributed by atoms with van der Waals surface area (Å²) in [4.78, 5) is 34.4. The van der Waals surface area contributed by atoms with Crippen molar-refractivity contribution in [2.45, 2.75) is 19.1 Å². The van der Waals surface area contributed by atoms with E-state index < -0.39 is 18.1 Å². The van der Waals surface area contributed by atoms with E-state index in [-0.39, 0.29) is 23.3 Å². The van der Waals surface area contributed by atoms with E-state index in [9.17, 15) is 14.7 Å². The molecule has 0 unspecified atom stereocenters. The van der Waals surface area contributed by atoms with Crippen LogP contribution in [0.25, 0.3) is 0 Å². The number of nitrogens with zero attached hydrogens (tertiary/aromatic N) is 2. The number of para-hydroxylation sites is 2. The third-order valence-electron chi connectivity index (χ3n) is 6.03. The second-order valence-corrected chi connectivity index (χ2v) is 7.89.